The first kappa shape index (κ1) is 15.2. The predicted octanol–water partition coefficient (Wildman–Crippen LogP) is 4.37. The summed E-state index contributed by atoms with van der Waals surface area (Å²) in [6, 6.07) is 0.438. The van der Waals surface area contributed by atoms with E-state index in [-0.39, 0.29) is 0 Å². The monoisotopic (exact) mass is 319 g/mol. The molecule has 0 radical (unpaired) electrons. The maximum atomic E-state index is 5.32. The summed E-state index contributed by atoms with van der Waals surface area (Å²) in [5, 5.41) is 7.99. The van der Waals surface area contributed by atoms with E-state index in [9.17, 15) is 0 Å². The van der Waals surface area contributed by atoms with Crippen LogP contribution >= 0.6 is 27.3 Å². The lowest BCUT2D eigenvalue weighted by Crippen LogP contribution is -2.23. The van der Waals surface area contributed by atoms with E-state index in [1.54, 1.807) is 18.4 Å². The summed E-state index contributed by atoms with van der Waals surface area (Å²) in [5.41, 5.74) is 1.38. The second kappa shape index (κ2) is 8.25. The van der Waals surface area contributed by atoms with Gasteiger partial charge in [-0.15, -0.1) is 0 Å². The molecule has 1 aromatic heterocycles. The van der Waals surface area contributed by atoms with E-state index in [1.807, 2.05) is 0 Å². The van der Waals surface area contributed by atoms with Crippen molar-refractivity contribution in [3.05, 3.63) is 20.8 Å². The zero-order chi connectivity index (χ0) is 12.7. The standard InChI is InChI=1S/C13H22BrNOS/c1-4-7-15-13(6-5-10(2)16-3)11-8-17-9-12(11)14/h8-10,13,15H,4-7H2,1-3H3. The van der Waals surface area contributed by atoms with Crippen molar-refractivity contribution in [2.24, 2.45) is 0 Å². The predicted molar refractivity (Wildman–Crippen MR) is 78.8 cm³/mol. The maximum absolute atomic E-state index is 5.32. The molecule has 4 heteroatoms. The fourth-order valence-electron chi connectivity index (χ4n) is 1.75. The highest BCUT2D eigenvalue weighted by molar-refractivity contribution is 9.10. The lowest BCUT2D eigenvalue weighted by atomic mass is 10.0. The van der Waals surface area contributed by atoms with Gasteiger partial charge in [0.25, 0.3) is 0 Å². The molecule has 0 bridgehead atoms. The highest BCUT2D eigenvalue weighted by atomic mass is 79.9. The molecule has 1 aromatic rings. The van der Waals surface area contributed by atoms with Crippen LogP contribution in [0.15, 0.2) is 15.2 Å². The normalized spacial score (nSPS) is 14.8. The molecule has 0 aliphatic rings. The molecule has 1 heterocycles. The molecule has 2 unspecified atom stereocenters. The molecule has 0 aliphatic heterocycles. The van der Waals surface area contributed by atoms with Gasteiger partial charge in [-0.2, -0.15) is 11.3 Å². The molecular weight excluding hydrogens is 298 g/mol. The van der Waals surface area contributed by atoms with Crippen LogP contribution in [0.4, 0.5) is 0 Å². The van der Waals surface area contributed by atoms with Crippen LogP contribution in [0, 0.1) is 0 Å². The van der Waals surface area contributed by atoms with Crippen molar-refractivity contribution in [1.29, 1.82) is 0 Å². The molecule has 2 atom stereocenters. The van der Waals surface area contributed by atoms with Gasteiger partial charge in [-0.1, -0.05) is 6.92 Å². The summed E-state index contributed by atoms with van der Waals surface area (Å²) in [6.45, 7) is 5.39. The Bertz CT molecular complexity index is 316. The van der Waals surface area contributed by atoms with Gasteiger partial charge in [-0.05, 0) is 59.6 Å². The van der Waals surface area contributed by atoms with E-state index in [1.165, 1.54) is 10.0 Å². The Kier molecular flexibility index (Phi) is 7.35. The van der Waals surface area contributed by atoms with E-state index in [0.29, 0.717) is 12.1 Å². The maximum Gasteiger partial charge on any atom is 0.0543 e. The van der Waals surface area contributed by atoms with Crippen molar-refractivity contribution >= 4 is 27.3 Å². The SMILES string of the molecule is CCCNC(CCC(C)OC)c1cscc1Br. The summed E-state index contributed by atoms with van der Waals surface area (Å²) in [5.74, 6) is 0. The minimum Gasteiger partial charge on any atom is -0.382 e. The Hall–Kier alpha value is 0.100. The Balaban J connectivity index is 2.57. The minimum absolute atomic E-state index is 0.332. The molecule has 0 saturated carbocycles. The summed E-state index contributed by atoms with van der Waals surface area (Å²) >= 11 is 5.37. The van der Waals surface area contributed by atoms with Gasteiger partial charge in [-0.3, -0.25) is 0 Å². The van der Waals surface area contributed by atoms with Crippen LogP contribution in [0.2, 0.25) is 0 Å². The fraction of sp³-hybridized carbons (Fsp3) is 0.692. The topological polar surface area (TPSA) is 21.3 Å². The molecule has 0 amide bonds. The first-order chi connectivity index (χ1) is 8.19. The third kappa shape index (κ3) is 5.08. The highest BCUT2D eigenvalue weighted by Crippen LogP contribution is 2.30. The van der Waals surface area contributed by atoms with Crippen molar-refractivity contribution in [2.45, 2.75) is 45.3 Å². The molecule has 0 fully saturated rings. The third-order valence-electron chi connectivity index (χ3n) is 2.92. The number of rotatable bonds is 8. The van der Waals surface area contributed by atoms with Crippen molar-refractivity contribution in [1.82, 2.24) is 5.32 Å². The van der Waals surface area contributed by atoms with E-state index < -0.39 is 0 Å². The van der Waals surface area contributed by atoms with Crippen LogP contribution < -0.4 is 5.32 Å². The van der Waals surface area contributed by atoms with E-state index >= 15 is 0 Å². The Morgan fingerprint density at radius 1 is 1.41 bits per heavy atom. The Morgan fingerprint density at radius 2 is 2.18 bits per heavy atom. The van der Waals surface area contributed by atoms with Crippen LogP contribution in [-0.2, 0) is 4.74 Å². The van der Waals surface area contributed by atoms with Crippen LogP contribution in [0.25, 0.3) is 0 Å². The number of ether oxygens (including phenoxy) is 1. The smallest absolute Gasteiger partial charge is 0.0543 e. The Morgan fingerprint density at radius 3 is 2.71 bits per heavy atom. The van der Waals surface area contributed by atoms with Crippen LogP contribution in [0.5, 0.6) is 0 Å². The van der Waals surface area contributed by atoms with Crippen molar-refractivity contribution in [2.75, 3.05) is 13.7 Å². The van der Waals surface area contributed by atoms with Crippen LogP contribution in [-0.4, -0.2) is 19.8 Å². The van der Waals surface area contributed by atoms with Crippen LogP contribution in [0.1, 0.15) is 44.7 Å². The molecule has 1 rings (SSSR count). The lowest BCUT2D eigenvalue weighted by Gasteiger charge is -2.20. The van der Waals surface area contributed by atoms with E-state index in [2.05, 4.69) is 45.9 Å². The van der Waals surface area contributed by atoms with Crippen molar-refractivity contribution in [3.63, 3.8) is 0 Å². The number of thiophene rings is 1. The second-order valence-electron chi connectivity index (χ2n) is 4.31. The van der Waals surface area contributed by atoms with Crippen molar-refractivity contribution < 1.29 is 4.74 Å². The molecular formula is C13H22BrNOS. The van der Waals surface area contributed by atoms with Gasteiger partial charge >= 0.3 is 0 Å². The summed E-state index contributed by atoms with van der Waals surface area (Å²) in [4.78, 5) is 0. The lowest BCUT2D eigenvalue weighted by molar-refractivity contribution is 0.106. The molecule has 0 aromatic carbocycles. The number of nitrogens with one attached hydrogen (secondary N) is 1. The number of halogens is 1. The minimum atomic E-state index is 0.332. The zero-order valence-electron chi connectivity index (χ0n) is 10.8. The highest BCUT2D eigenvalue weighted by Gasteiger charge is 2.15. The zero-order valence-corrected chi connectivity index (χ0v) is 13.2. The van der Waals surface area contributed by atoms with Gasteiger partial charge in [0.1, 0.15) is 0 Å². The van der Waals surface area contributed by atoms with Gasteiger partial charge in [0.15, 0.2) is 0 Å². The molecule has 0 saturated heterocycles. The molecule has 98 valence electrons. The van der Waals surface area contributed by atoms with E-state index in [4.69, 9.17) is 4.74 Å². The van der Waals surface area contributed by atoms with Gasteiger partial charge in [0, 0.05) is 23.0 Å². The fourth-order valence-corrected chi connectivity index (χ4v) is 3.37. The first-order valence-electron chi connectivity index (χ1n) is 6.16. The Labute approximate surface area is 117 Å². The number of hydrogen-bond donors (Lipinski definition) is 1. The number of methoxy groups -OCH3 is 1. The average Bonchev–Trinajstić information content (AvgIpc) is 2.75. The molecule has 2 nitrogen and oxygen atoms in total. The molecule has 0 spiro atoms. The van der Waals surface area contributed by atoms with Gasteiger partial charge < -0.3 is 10.1 Å². The molecule has 0 aliphatic carbocycles. The van der Waals surface area contributed by atoms with E-state index in [0.717, 1.165) is 25.8 Å². The quantitative estimate of drug-likeness (QED) is 0.768. The van der Waals surface area contributed by atoms with Gasteiger partial charge in [0.05, 0.1) is 6.10 Å². The summed E-state index contributed by atoms with van der Waals surface area (Å²) in [6.07, 6.45) is 3.70. The van der Waals surface area contributed by atoms with Gasteiger partial charge in [0.2, 0.25) is 0 Å². The molecule has 1 N–H and O–H groups in total. The third-order valence-corrected chi connectivity index (χ3v) is 4.67. The second-order valence-corrected chi connectivity index (χ2v) is 5.90. The van der Waals surface area contributed by atoms with Crippen molar-refractivity contribution in [3.8, 4) is 0 Å². The number of hydrogen-bond acceptors (Lipinski definition) is 3. The largest absolute Gasteiger partial charge is 0.382 e. The first-order valence-corrected chi connectivity index (χ1v) is 7.90. The van der Waals surface area contributed by atoms with Crippen LogP contribution in [0.3, 0.4) is 0 Å². The summed E-state index contributed by atoms with van der Waals surface area (Å²) < 4.78 is 6.54. The average molecular weight is 320 g/mol. The van der Waals surface area contributed by atoms with Gasteiger partial charge in [-0.25, -0.2) is 0 Å². The summed E-state index contributed by atoms with van der Waals surface area (Å²) in [7, 11) is 1.78. The molecule has 17 heavy (non-hydrogen) atoms.